The van der Waals surface area contributed by atoms with Gasteiger partial charge in [0.05, 0.1) is 16.3 Å². The summed E-state index contributed by atoms with van der Waals surface area (Å²) in [6.45, 7) is 3.01. The minimum absolute atomic E-state index is 0.367. The molecule has 0 atom stereocenters. The Balaban J connectivity index is 1.59. The van der Waals surface area contributed by atoms with Gasteiger partial charge in [0.15, 0.2) is 0 Å². The molecule has 128 valence electrons. The number of piperidine rings is 1. The number of aromatic amines is 1. The molecule has 0 amide bonds. The lowest BCUT2D eigenvalue weighted by molar-refractivity contribution is 0.346. The maximum Gasteiger partial charge on any atom is 0.243 e. The molecular formula is C17H22N4O2S. The second kappa shape index (κ2) is 6.31. The van der Waals surface area contributed by atoms with Gasteiger partial charge < -0.3 is 10.3 Å². The highest BCUT2D eigenvalue weighted by Crippen LogP contribution is 2.24. The van der Waals surface area contributed by atoms with Gasteiger partial charge in [-0.3, -0.25) is 0 Å². The van der Waals surface area contributed by atoms with E-state index < -0.39 is 10.0 Å². The van der Waals surface area contributed by atoms with Crippen LogP contribution in [0.25, 0.3) is 11.4 Å². The summed E-state index contributed by atoms with van der Waals surface area (Å²) in [4.78, 5) is 8.35. The Bertz CT molecular complexity index is 797. The topological polar surface area (TPSA) is 78.1 Å². The zero-order valence-electron chi connectivity index (χ0n) is 13.6. The standard InChI is InChI=1S/C17H22N4O2S/c22-24(23,21-10-2-1-3-11-21)14-6-4-13(5-7-14)17-19-15-8-9-18-12-16(15)20-17/h4-7,18H,1-3,8-12H2,(H,19,20). The smallest absolute Gasteiger partial charge is 0.243 e. The summed E-state index contributed by atoms with van der Waals surface area (Å²) in [6.07, 6.45) is 3.93. The molecule has 2 aliphatic heterocycles. The van der Waals surface area contributed by atoms with E-state index in [1.54, 1.807) is 16.4 Å². The summed E-state index contributed by atoms with van der Waals surface area (Å²) in [5.74, 6) is 0.811. The number of aromatic nitrogens is 2. The third kappa shape index (κ3) is 2.87. The number of rotatable bonds is 3. The minimum atomic E-state index is -3.37. The van der Waals surface area contributed by atoms with Crippen LogP contribution in [-0.2, 0) is 23.0 Å². The summed E-state index contributed by atoms with van der Waals surface area (Å²) in [5, 5.41) is 3.32. The lowest BCUT2D eigenvalue weighted by Gasteiger charge is -2.25. The molecule has 24 heavy (non-hydrogen) atoms. The van der Waals surface area contributed by atoms with Crippen molar-refractivity contribution in [3.63, 3.8) is 0 Å². The lowest BCUT2D eigenvalue weighted by Crippen LogP contribution is -2.35. The minimum Gasteiger partial charge on any atom is -0.341 e. The van der Waals surface area contributed by atoms with Gasteiger partial charge in [0.25, 0.3) is 0 Å². The van der Waals surface area contributed by atoms with Crippen LogP contribution in [0.1, 0.15) is 30.7 Å². The average Bonchev–Trinajstić information content (AvgIpc) is 3.07. The van der Waals surface area contributed by atoms with Crippen LogP contribution in [-0.4, -0.2) is 42.3 Å². The van der Waals surface area contributed by atoms with Gasteiger partial charge in [-0.2, -0.15) is 4.31 Å². The molecular weight excluding hydrogens is 324 g/mol. The van der Waals surface area contributed by atoms with Crippen LogP contribution in [0.4, 0.5) is 0 Å². The number of hydrogen-bond acceptors (Lipinski definition) is 4. The first kappa shape index (κ1) is 15.8. The number of benzene rings is 1. The van der Waals surface area contributed by atoms with Gasteiger partial charge in [-0.1, -0.05) is 6.42 Å². The van der Waals surface area contributed by atoms with Crippen molar-refractivity contribution in [1.82, 2.24) is 19.6 Å². The molecule has 1 aromatic heterocycles. The second-order valence-corrected chi connectivity index (χ2v) is 8.36. The van der Waals surface area contributed by atoms with Crippen LogP contribution in [0.3, 0.4) is 0 Å². The van der Waals surface area contributed by atoms with Crippen LogP contribution >= 0.6 is 0 Å². The fourth-order valence-electron chi connectivity index (χ4n) is 3.39. The first-order valence-corrected chi connectivity index (χ1v) is 9.98. The molecule has 1 aromatic carbocycles. The third-order valence-electron chi connectivity index (χ3n) is 4.79. The number of nitrogens with one attached hydrogen (secondary N) is 2. The van der Waals surface area contributed by atoms with Crippen LogP contribution in [0.2, 0.25) is 0 Å². The number of hydrogen-bond donors (Lipinski definition) is 2. The molecule has 6 nitrogen and oxygen atoms in total. The Hall–Kier alpha value is -1.70. The van der Waals surface area contributed by atoms with Crippen molar-refractivity contribution in [1.29, 1.82) is 0 Å². The average molecular weight is 346 g/mol. The van der Waals surface area contributed by atoms with E-state index in [2.05, 4.69) is 15.3 Å². The molecule has 0 saturated carbocycles. The fraction of sp³-hybridized carbons (Fsp3) is 0.471. The second-order valence-electron chi connectivity index (χ2n) is 6.43. The van der Waals surface area contributed by atoms with Crippen molar-refractivity contribution in [2.24, 2.45) is 0 Å². The van der Waals surface area contributed by atoms with Gasteiger partial charge in [-0.05, 0) is 37.1 Å². The predicted molar refractivity (Wildman–Crippen MR) is 92.0 cm³/mol. The molecule has 0 bridgehead atoms. The Morgan fingerprint density at radius 3 is 2.50 bits per heavy atom. The molecule has 0 unspecified atom stereocenters. The maximum absolute atomic E-state index is 12.7. The van der Waals surface area contributed by atoms with Crippen LogP contribution in [0.15, 0.2) is 29.2 Å². The Kier molecular flexibility index (Phi) is 4.15. The summed E-state index contributed by atoms with van der Waals surface area (Å²) in [7, 11) is -3.37. The van der Waals surface area contributed by atoms with Gasteiger partial charge in [0.1, 0.15) is 5.82 Å². The Morgan fingerprint density at radius 2 is 1.79 bits per heavy atom. The zero-order valence-corrected chi connectivity index (χ0v) is 14.4. The normalized spacial score (nSPS) is 19.2. The number of H-pyrrole nitrogens is 1. The molecule has 2 N–H and O–H groups in total. The lowest BCUT2D eigenvalue weighted by atomic mass is 10.2. The molecule has 1 fully saturated rings. The van der Waals surface area contributed by atoms with E-state index in [0.29, 0.717) is 18.0 Å². The Morgan fingerprint density at radius 1 is 1.04 bits per heavy atom. The molecule has 0 spiro atoms. The van der Waals surface area contributed by atoms with Crippen molar-refractivity contribution < 1.29 is 8.42 Å². The number of imidazole rings is 1. The first-order chi connectivity index (χ1) is 11.6. The van der Waals surface area contributed by atoms with Gasteiger partial charge in [0.2, 0.25) is 10.0 Å². The fourth-order valence-corrected chi connectivity index (χ4v) is 4.91. The molecule has 2 aromatic rings. The van der Waals surface area contributed by atoms with Gasteiger partial charge in [-0.15, -0.1) is 0 Å². The van der Waals surface area contributed by atoms with Crippen molar-refractivity contribution in [2.75, 3.05) is 19.6 Å². The number of nitrogens with zero attached hydrogens (tertiary/aromatic N) is 2. The maximum atomic E-state index is 12.7. The summed E-state index contributed by atoms with van der Waals surface area (Å²) in [6, 6.07) is 7.07. The van der Waals surface area contributed by atoms with Crippen LogP contribution in [0, 0.1) is 0 Å². The van der Waals surface area contributed by atoms with Gasteiger partial charge in [-0.25, -0.2) is 13.4 Å². The highest BCUT2D eigenvalue weighted by Gasteiger charge is 2.26. The van der Waals surface area contributed by atoms with Crippen molar-refractivity contribution in [2.45, 2.75) is 37.1 Å². The SMILES string of the molecule is O=S(=O)(c1ccc(-c2nc3c([nH]2)CNCC3)cc1)N1CCCCC1. The monoisotopic (exact) mass is 346 g/mol. The van der Waals surface area contributed by atoms with E-state index in [0.717, 1.165) is 61.5 Å². The zero-order chi connectivity index (χ0) is 16.6. The molecule has 0 radical (unpaired) electrons. The van der Waals surface area contributed by atoms with Crippen LogP contribution < -0.4 is 5.32 Å². The van der Waals surface area contributed by atoms with E-state index >= 15 is 0 Å². The van der Waals surface area contributed by atoms with E-state index in [1.807, 2.05) is 12.1 Å². The van der Waals surface area contributed by atoms with E-state index in [1.165, 1.54) is 0 Å². The molecule has 3 heterocycles. The molecule has 7 heteroatoms. The quantitative estimate of drug-likeness (QED) is 0.890. The molecule has 4 rings (SSSR count). The van der Waals surface area contributed by atoms with Gasteiger partial charge in [0, 0.05) is 38.2 Å². The van der Waals surface area contributed by atoms with Crippen molar-refractivity contribution >= 4 is 10.0 Å². The summed E-state index contributed by atoms with van der Waals surface area (Å²) < 4.78 is 27.0. The molecule has 2 aliphatic rings. The Labute approximate surface area is 142 Å². The largest absolute Gasteiger partial charge is 0.341 e. The number of fused-ring (bicyclic) bond motifs is 1. The molecule has 0 aliphatic carbocycles. The highest BCUT2D eigenvalue weighted by atomic mass is 32.2. The van der Waals surface area contributed by atoms with E-state index in [-0.39, 0.29) is 0 Å². The highest BCUT2D eigenvalue weighted by molar-refractivity contribution is 7.89. The van der Waals surface area contributed by atoms with Crippen LogP contribution in [0.5, 0.6) is 0 Å². The van der Waals surface area contributed by atoms with E-state index in [9.17, 15) is 8.42 Å². The third-order valence-corrected chi connectivity index (χ3v) is 6.70. The molecule has 1 saturated heterocycles. The van der Waals surface area contributed by atoms with Crippen molar-refractivity contribution in [3.8, 4) is 11.4 Å². The first-order valence-electron chi connectivity index (χ1n) is 8.54. The van der Waals surface area contributed by atoms with Crippen molar-refractivity contribution in [3.05, 3.63) is 35.7 Å². The predicted octanol–water partition coefficient (Wildman–Crippen LogP) is 1.90. The number of sulfonamides is 1. The van der Waals surface area contributed by atoms with Gasteiger partial charge >= 0.3 is 0 Å². The summed E-state index contributed by atoms with van der Waals surface area (Å²) >= 11 is 0. The summed E-state index contributed by atoms with van der Waals surface area (Å²) in [5.41, 5.74) is 3.15. The van der Waals surface area contributed by atoms with E-state index in [4.69, 9.17) is 0 Å².